The summed E-state index contributed by atoms with van der Waals surface area (Å²) < 4.78 is 1.11. The summed E-state index contributed by atoms with van der Waals surface area (Å²) in [6.45, 7) is 0. The molecule has 1 N–H and O–H groups in total. The Bertz CT molecular complexity index is 363. The van der Waals surface area contributed by atoms with E-state index in [4.69, 9.17) is 0 Å². The number of fused-ring (bicyclic) bond motifs is 1. The molecule has 0 radical (unpaired) electrons. The molecule has 2 saturated carbocycles. The first kappa shape index (κ1) is 10.8. The zero-order valence-electron chi connectivity index (χ0n) is 9.27. The number of rotatable bonds is 3. The molecule has 2 fully saturated rings. The smallest absolute Gasteiger partial charge is 0.0614 e. The van der Waals surface area contributed by atoms with Crippen LogP contribution in [-0.2, 0) is 6.42 Å². The first-order valence-corrected chi connectivity index (χ1v) is 6.97. The molecule has 0 saturated heterocycles. The van der Waals surface area contributed by atoms with Crippen LogP contribution < -0.4 is 0 Å². The van der Waals surface area contributed by atoms with E-state index in [9.17, 15) is 5.11 Å². The second-order valence-electron chi connectivity index (χ2n) is 5.23. The Morgan fingerprint density at radius 1 is 1.19 bits per heavy atom. The standard InChI is InChI=1S/C14H17BrO/c15-10-6-4-9(5-7-10)8-13(16)14-11-2-1-3-12(11)14/h4-7,11-14,16H,1-3,8H2. The van der Waals surface area contributed by atoms with Crippen molar-refractivity contribution < 1.29 is 5.11 Å². The predicted octanol–water partition coefficient (Wildman–Crippen LogP) is 3.40. The third kappa shape index (κ3) is 1.93. The Morgan fingerprint density at radius 3 is 2.44 bits per heavy atom. The van der Waals surface area contributed by atoms with E-state index in [1.165, 1.54) is 24.8 Å². The van der Waals surface area contributed by atoms with Gasteiger partial charge in [0.15, 0.2) is 0 Å². The van der Waals surface area contributed by atoms with E-state index in [1.807, 2.05) is 0 Å². The molecule has 0 aromatic heterocycles. The molecule has 3 unspecified atom stereocenters. The van der Waals surface area contributed by atoms with Crippen LogP contribution in [0, 0.1) is 17.8 Å². The van der Waals surface area contributed by atoms with Crippen LogP contribution in [0.4, 0.5) is 0 Å². The highest BCUT2D eigenvalue weighted by Gasteiger charge is 2.55. The number of hydrogen-bond donors (Lipinski definition) is 1. The highest BCUT2D eigenvalue weighted by molar-refractivity contribution is 9.10. The normalized spacial score (nSPS) is 33.5. The molecular weight excluding hydrogens is 264 g/mol. The molecule has 1 aromatic carbocycles. The van der Waals surface area contributed by atoms with Gasteiger partial charge in [0.05, 0.1) is 6.10 Å². The van der Waals surface area contributed by atoms with Gasteiger partial charge in [-0.05, 0) is 54.7 Å². The minimum absolute atomic E-state index is 0.114. The van der Waals surface area contributed by atoms with Gasteiger partial charge < -0.3 is 5.11 Å². The highest BCUT2D eigenvalue weighted by atomic mass is 79.9. The molecule has 2 heteroatoms. The highest BCUT2D eigenvalue weighted by Crippen LogP contribution is 2.59. The maximum Gasteiger partial charge on any atom is 0.0614 e. The fourth-order valence-corrected chi connectivity index (χ4v) is 3.71. The maximum absolute atomic E-state index is 10.2. The quantitative estimate of drug-likeness (QED) is 0.900. The van der Waals surface area contributed by atoms with Crippen LogP contribution in [0.2, 0.25) is 0 Å². The van der Waals surface area contributed by atoms with Gasteiger partial charge in [0.25, 0.3) is 0 Å². The number of aliphatic hydroxyl groups excluding tert-OH is 1. The molecule has 0 aliphatic heterocycles. The minimum atomic E-state index is -0.114. The van der Waals surface area contributed by atoms with Crippen LogP contribution in [0.5, 0.6) is 0 Å². The molecule has 0 spiro atoms. The topological polar surface area (TPSA) is 20.2 Å². The van der Waals surface area contributed by atoms with E-state index in [0.717, 1.165) is 22.7 Å². The molecule has 86 valence electrons. The van der Waals surface area contributed by atoms with Crippen LogP contribution in [0.25, 0.3) is 0 Å². The van der Waals surface area contributed by atoms with Crippen molar-refractivity contribution in [1.29, 1.82) is 0 Å². The lowest BCUT2D eigenvalue weighted by Gasteiger charge is -2.12. The maximum atomic E-state index is 10.2. The molecule has 0 amide bonds. The van der Waals surface area contributed by atoms with Gasteiger partial charge in [-0.15, -0.1) is 0 Å². The number of hydrogen-bond acceptors (Lipinski definition) is 1. The van der Waals surface area contributed by atoms with Gasteiger partial charge in [-0.1, -0.05) is 34.5 Å². The van der Waals surface area contributed by atoms with Crippen molar-refractivity contribution in [2.45, 2.75) is 31.8 Å². The molecule has 2 aliphatic carbocycles. The predicted molar refractivity (Wildman–Crippen MR) is 68.2 cm³/mol. The Morgan fingerprint density at radius 2 is 1.81 bits per heavy atom. The van der Waals surface area contributed by atoms with Gasteiger partial charge in [0.2, 0.25) is 0 Å². The summed E-state index contributed by atoms with van der Waals surface area (Å²) >= 11 is 3.43. The Hall–Kier alpha value is -0.340. The van der Waals surface area contributed by atoms with Crippen LogP contribution >= 0.6 is 15.9 Å². The van der Waals surface area contributed by atoms with E-state index in [1.54, 1.807) is 0 Å². The zero-order valence-corrected chi connectivity index (χ0v) is 10.9. The second kappa shape index (κ2) is 4.15. The molecule has 2 aliphatic rings. The van der Waals surface area contributed by atoms with E-state index in [0.29, 0.717) is 5.92 Å². The Balaban J connectivity index is 1.60. The van der Waals surface area contributed by atoms with Crippen molar-refractivity contribution in [3.05, 3.63) is 34.3 Å². The van der Waals surface area contributed by atoms with Crippen LogP contribution in [-0.4, -0.2) is 11.2 Å². The molecule has 0 heterocycles. The summed E-state index contributed by atoms with van der Waals surface area (Å²) in [5.74, 6) is 2.31. The van der Waals surface area contributed by atoms with Crippen molar-refractivity contribution in [1.82, 2.24) is 0 Å². The lowest BCUT2D eigenvalue weighted by atomic mass is 10.00. The van der Waals surface area contributed by atoms with E-state index in [2.05, 4.69) is 40.2 Å². The molecule has 3 atom stereocenters. The van der Waals surface area contributed by atoms with Crippen molar-refractivity contribution >= 4 is 15.9 Å². The number of halogens is 1. The summed E-state index contributed by atoms with van der Waals surface area (Å²) in [6.07, 6.45) is 4.80. The third-order valence-electron chi connectivity index (χ3n) is 4.28. The fraction of sp³-hybridized carbons (Fsp3) is 0.571. The zero-order chi connectivity index (χ0) is 11.1. The van der Waals surface area contributed by atoms with Crippen molar-refractivity contribution in [3.63, 3.8) is 0 Å². The molecular formula is C14H17BrO. The first-order chi connectivity index (χ1) is 7.75. The molecule has 16 heavy (non-hydrogen) atoms. The van der Waals surface area contributed by atoms with Crippen LogP contribution in [0.1, 0.15) is 24.8 Å². The van der Waals surface area contributed by atoms with E-state index >= 15 is 0 Å². The summed E-state index contributed by atoms with van der Waals surface area (Å²) in [7, 11) is 0. The minimum Gasteiger partial charge on any atom is -0.392 e. The van der Waals surface area contributed by atoms with Gasteiger partial charge in [-0.3, -0.25) is 0 Å². The largest absolute Gasteiger partial charge is 0.392 e. The van der Waals surface area contributed by atoms with Crippen LogP contribution in [0.15, 0.2) is 28.7 Å². The molecule has 1 nitrogen and oxygen atoms in total. The Kier molecular flexibility index (Phi) is 2.80. The van der Waals surface area contributed by atoms with Gasteiger partial charge in [-0.25, -0.2) is 0 Å². The average Bonchev–Trinajstić information content (AvgIpc) is 2.76. The lowest BCUT2D eigenvalue weighted by molar-refractivity contribution is 0.135. The van der Waals surface area contributed by atoms with Crippen molar-refractivity contribution in [3.8, 4) is 0 Å². The monoisotopic (exact) mass is 280 g/mol. The Labute approximate surface area is 105 Å². The summed E-state index contributed by atoms with van der Waals surface area (Å²) in [5, 5.41) is 10.2. The number of aliphatic hydroxyl groups is 1. The summed E-state index contributed by atoms with van der Waals surface area (Å²) in [5.41, 5.74) is 1.25. The second-order valence-corrected chi connectivity index (χ2v) is 6.15. The average molecular weight is 281 g/mol. The van der Waals surface area contributed by atoms with Crippen molar-refractivity contribution in [2.24, 2.45) is 17.8 Å². The fourth-order valence-electron chi connectivity index (χ4n) is 3.45. The van der Waals surface area contributed by atoms with Gasteiger partial charge in [-0.2, -0.15) is 0 Å². The summed E-state index contributed by atoms with van der Waals surface area (Å²) in [4.78, 5) is 0. The molecule has 1 aromatic rings. The lowest BCUT2D eigenvalue weighted by Crippen LogP contribution is -2.16. The molecule has 3 rings (SSSR count). The van der Waals surface area contributed by atoms with Gasteiger partial charge >= 0.3 is 0 Å². The van der Waals surface area contributed by atoms with E-state index < -0.39 is 0 Å². The van der Waals surface area contributed by atoms with Gasteiger partial charge in [0, 0.05) is 4.47 Å². The molecule has 0 bridgehead atoms. The van der Waals surface area contributed by atoms with Crippen molar-refractivity contribution in [2.75, 3.05) is 0 Å². The van der Waals surface area contributed by atoms with E-state index in [-0.39, 0.29) is 6.10 Å². The van der Waals surface area contributed by atoms with Gasteiger partial charge in [0.1, 0.15) is 0 Å². The van der Waals surface area contributed by atoms with Crippen LogP contribution in [0.3, 0.4) is 0 Å². The summed E-state index contributed by atoms with van der Waals surface area (Å²) in [6, 6.07) is 8.31. The first-order valence-electron chi connectivity index (χ1n) is 6.18. The SMILES string of the molecule is OC(Cc1ccc(Br)cc1)C1C2CCCC21. The number of benzene rings is 1. The third-order valence-corrected chi connectivity index (χ3v) is 4.80.